The van der Waals surface area contributed by atoms with Crippen LogP contribution >= 0.6 is 0 Å². The molecule has 0 bridgehead atoms. The van der Waals surface area contributed by atoms with Crippen LogP contribution in [0, 0.1) is 11.3 Å². The van der Waals surface area contributed by atoms with E-state index in [9.17, 15) is 4.79 Å². The standard InChI is InChI=1S/C11H12N6O/c12-6-7-1-2-8-9(5-7)17(10(13)16-8)4-3-15-11(14)18/h1-2,5H,3-4H2,(H2,13,16)(H3,14,15,18). The van der Waals surface area contributed by atoms with Crippen molar-refractivity contribution in [3.8, 4) is 6.07 Å². The third kappa shape index (κ3) is 2.17. The van der Waals surface area contributed by atoms with E-state index in [0.29, 0.717) is 30.1 Å². The summed E-state index contributed by atoms with van der Waals surface area (Å²) in [7, 11) is 0. The number of anilines is 1. The summed E-state index contributed by atoms with van der Waals surface area (Å²) in [6, 6.07) is 6.60. The molecule has 0 fully saturated rings. The minimum absolute atomic E-state index is 0.339. The highest BCUT2D eigenvalue weighted by Gasteiger charge is 2.08. The molecule has 18 heavy (non-hydrogen) atoms. The van der Waals surface area contributed by atoms with Crippen LogP contribution in [0.3, 0.4) is 0 Å². The van der Waals surface area contributed by atoms with Crippen LogP contribution in [-0.2, 0) is 6.54 Å². The number of primary amides is 1. The number of amides is 2. The number of urea groups is 1. The van der Waals surface area contributed by atoms with Crippen LogP contribution in [0.15, 0.2) is 18.2 Å². The van der Waals surface area contributed by atoms with Crippen LogP contribution in [0.4, 0.5) is 10.7 Å². The molecule has 7 nitrogen and oxygen atoms in total. The number of nitrogens with zero attached hydrogens (tertiary/aromatic N) is 3. The zero-order valence-electron chi connectivity index (χ0n) is 9.55. The Kier molecular flexibility index (Phi) is 3.02. The third-order valence-corrected chi connectivity index (χ3v) is 2.54. The number of rotatable bonds is 3. The Bertz CT molecular complexity index is 639. The number of nitrogens with one attached hydrogen (secondary N) is 1. The Labute approximate surface area is 103 Å². The first kappa shape index (κ1) is 11.7. The molecule has 1 aromatic carbocycles. The highest BCUT2D eigenvalue weighted by molar-refractivity contribution is 5.79. The molecule has 1 heterocycles. The molecule has 0 saturated carbocycles. The maximum absolute atomic E-state index is 10.6. The molecule has 0 aliphatic carbocycles. The van der Waals surface area contributed by atoms with Crippen molar-refractivity contribution in [1.82, 2.24) is 14.9 Å². The molecule has 2 amide bonds. The molecule has 92 valence electrons. The lowest BCUT2D eigenvalue weighted by Crippen LogP contribution is -2.32. The summed E-state index contributed by atoms with van der Waals surface area (Å²) in [6.07, 6.45) is 0. The molecular weight excluding hydrogens is 232 g/mol. The van der Waals surface area contributed by atoms with E-state index in [1.54, 1.807) is 22.8 Å². The molecule has 2 aromatic rings. The van der Waals surface area contributed by atoms with Gasteiger partial charge in [-0.2, -0.15) is 5.26 Å². The summed E-state index contributed by atoms with van der Waals surface area (Å²) < 4.78 is 1.73. The van der Waals surface area contributed by atoms with Gasteiger partial charge in [0, 0.05) is 13.1 Å². The van der Waals surface area contributed by atoms with Crippen molar-refractivity contribution < 1.29 is 4.79 Å². The highest BCUT2D eigenvalue weighted by atomic mass is 16.2. The van der Waals surface area contributed by atoms with Crippen molar-refractivity contribution in [2.24, 2.45) is 5.73 Å². The lowest BCUT2D eigenvalue weighted by atomic mass is 10.2. The molecule has 0 atom stereocenters. The van der Waals surface area contributed by atoms with E-state index >= 15 is 0 Å². The van der Waals surface area contributed by atoms with E-state index < -0.39 is 6.03 Å². The van der Waals surface area contributed by atoms with Gasteiger partial charge in [0.05, 0.1) is 22.7 Å². The van der Waals surface area contributed by atoms with Gasteiger partial charge in [-0.3, -0.25) is 0 Å². The Morgan fingerprint density at radius 1 is 1.56 bits per heavy atom. The van der Waals surface area contributed by atoms with Gasteiger partial charge in [-0.1, -0.05) is 0 Å². The first-order valence-corrected chi connectivity index (χ1v) is 5.31. The van der Waals surface area contributed by atoms with Gasteiger partial charge >= 0.3 is 6.03 Å². The van der Waals surface area contributed by atoms with Crippen molar-refractivity contribution >= 4 is 23.0 Å². The minimum atomic E-state index is -0.587. The zero-order valence-corrected chi connectivity index (χ0v) is 9.55. The van der Waals surface area contributed by atoms with Gasteiger partial charge in [0.25, 0.3) is 0 Å². The summed E-state index contributed by atoms with van der Waals surface area (Å²) in [5.74, 6) is 0.339. The summed E-state index contributed by atoms with van der Waals surface area (Å²) >= 11 is 0. The molecule has 0 aliphatic rings. The number of carbonyl (C=O) groups is 1. The lowest BCUT2D eigenvalue weighted by molar-refractivity contribution is 0.248. The monoisotopic (exact) mass is 244 g/mol. The maximum atomic E-state index is 10.6. The SMILES string of the molecule is N#Cc1ccc2nc(N)n(CCNC(N)=O)c2c1. The number of carbonyl (C=O) groups excluding carboxylic acids is 1. The summed E-state index contributed by atoms with van der Waals surface area (Å²) in [5, 5.41) is 11.3. The summed E-state index contributed by atoms with van der Waals surface area (Å²) in [4.78, 5) is 14.8. The van der Waals surface area contributed by atoms with Crippen LogP contribution < -0.4 is 16.8 Å². The molecule has 0 saturated heterocycles. The fourth-order valence-corrected chi connectivity index (χ4v) is 1.74. The number of benzene rings is 1. The smallest absolute Gasteiger partial charge is 0.312 e. The van der Waals surface area contributed by atoms with Crippen LogP contribution in [0.25, 0.3) is 11.0 Å². The van der Waals surface area contributed by atoms with Gasteiger partial charge in [-0.25, -0.2) is 9.78 Å². The summed E-state index contributed by atoms with van der Waals surface area (Å²) in [6.45, 7) is 0.794. The summed E-state index contributed by atoms with van der Waals surface area (Å²) in [5.41, 5.74) is 12.8. The van der Waals surface area contributed by atoms with E-state index in [0.717, 1.165) is 5.52 Å². The second kappa shape index (κ2) is 4.63. The van der Waals surface area contributed by atoms with Gasteiger partial charge in [0.1, 0.15) is 0 Å². The number of nitrogen functional groups attached to an aromatic ring is 1. The number of hydrogen-bond donors (Lipinski definition) is 3. The maximum Gasteiger partial charge on any atom is 0.312 e. The Balaban J connectivity index is 2.33. The first-order valence-electron chi connectivity index (χ1n) is 5.31. The minimum Gasteiger partial charge on any atom is -0.369 e. The number of hydrogen-bond acceptors (Lipinski definition) is 4. The second-order valence-electron chi connectivity index (χ2n) is 3.73. The number of nitrogens with two attached hydrogens (primary N) is 2. The van der Waals surface area contributed by atoms with E-state index in [2.05, 4.69) is 16.4 Å². The van der Waals surface area contributed by atoms with Gasteiger partial charge < -0.3 is 21.4 Å². The van der Waals surface area contributed by atoms with Crippen molar-refractivity contribution in [2.75, 3.05) is 12.3 Å². The quantitative estimate of drug-likeness (QED) is 0.711. The van der Waals surface area contributed by atoms with Crippen molar-refractivity contribution in [3.05, 3.63) is 23.8 Å². The number of fused-ring (bicyclic) bond motifs is 1. The van der Waals surface area contributed by atoms with Crippen LogP contribution in [-0.4, -0.2) is 22.1 Å². The van der Waals surface area contributed by atoms with E-state index in [1.807, 2.05) is 0 Å². The largest absolute Gasteiger partial charge is 0.369 e. The molecule has 0 unspecified atom stereocenters. The molecule has 0 aliphatic heterocycles. The average Bonchev–Trinajstić information content (AvgIpc) is 2.64. The fraction of sp³-hybridized carbons (Fsp3) is 0.182. The van der Waals surface area contributed by atoms with Crippen molar-refractivity contribution in [2.45, 2.75) is 6.54 Å². The van der Waals surface area contributed by atoms with Gasteiger partial charge in [0.2, 0.25) is 5.95 Å². The van der Waals surface area contributed by atoms with E-state index in [1.165, 1.54) is 0 Å². The lowest BCUT2D eigenvalue weighted by Gasteiger charge is -2.06. The Morgan fingerprint density at radius 2 is 2.33 bits per heavy atom. The van der Waals surface area contributed by atoms with E-state index in [4.69, 9.17) is 16.7 Å². The zero-order chi connectivity index (χ0) is 13.1. The second-order valence-corrected chi connectivity index (χ2v) is 3.73. The normalized spacial score (nSPS) is 10.2. The average molecular weight is 244 g/mol. The van der Waals surface area contributed by atoms with Crippen molar-refractivity contribution in [3.63, 3.8) is 0 Å². The number of imidazole rings is 1. The molecule has 7 heteroatoms. The predicted molar refractivity (Wildman–Crippen MR) is 66.4 cm³/mol. The highest BCUT2D eigenvalue weighted by Crippen LogP contribution is 2.18. The molecule has 0 radical (unpaired) electrons. The fourth-order valence-electron chi connectivity index (χ4n) is 1.74. The third-order valence-electron chi connectivity index (χ3n) is 2.54. The van der Waals surface area contributed by atoms with Crippen LogP contribution in [0.1, 0.15) is 5.56 Å². The molecule has 1 aromatic heterocycles. The topological polar surface area (TPSA) is 123 Å². The first-order chi connectivity index (χ1) is 8.61. The molecular formula is C11H12N6O. The number of nitriles is 1. The van der Waals surface area contributed by atoms with Gasteiger partial charge in [0.15, 0.2) is 0 Å². The molecule has 0 spiro atoms. The predicted octanol–water partition coefficient (Wildman–Crippen LogP) is 0.158. The molecule has 5 N–H and O–H groups in total. The van der Waals surface area contributed by atoms with E-state index in [-0.39, 0.29) is 0 Å². The van der Waals surface area contributed by atoms with Crippen LogP contribution in [0.5, 0.6) is 0 Å². The van der Waals surface area contributed by atoms with Crippen molar-refractivity contribution in [1.29, 1.82) is 5.26 Å². The molecule has 2 rings (SSSR count). The van der Waals surface area contributed by atoms with Gasteiger partial charge in [-0.15, -0.1) is 0 Å². The Morgan fingerprint density at radius 3 is 3.00 bits per heavy atom. The van der Waals surface area contributed by atoms with Crippen LogP contribution in [0.2, 0.25) is 0 Å². The van der Waals surface area contributed by atoms with Gasteiger partial charge in [-0.05, 0) is 18.2 Å². The Hall–Kier alpha value is -2.75. The number of aromatic nitrogens is 2.